The highest BCUT2D eigenvalue weighted by Crippen LogP contribution is 2.36. The number of fused-ring (bicyclic) bond motifs is 1. The molecule has 1 heterocycles. The van der Waals surface area contributed by atoms with Crippen LogP contribution in [0.3, 0.4) is 0 Å². The van der Waals surface area contributed by atoms with Crippen LogP contribution in [0.4, 0.5) is 4.39 Å². The van der Waals surface area contributed by atoms with Crippen LogP contribution in [0.1, 0.15) is 29.8 Å². The van der Waals surface area contributed by atoms with Gasteiger partial charge < -0.3 is 0 Å². The third-order valence-corrected chi connectivity index (χ3v) is 4.73. The molecule has 16 heavy (non-hydrogen) atoms. The van der Waals surface area contributed by atoms with Crippen LogP contribution >= 0.6 is 27.7 Å². The summed E-state index contributed by atoms with van der Waals surface area (Å²) < 4.78 is 14.3. The van der Waals surface area contributed by atoms with Crippen molar-refractivity contribution in [1.29, 1.82) is 0 Å². The zero-order chi connectivity index (χ0) is 11.9. The minimum Gasteiger partial charge on any atom is -0.293 e. The van der Waals surface area contributed by atoms with Crippen molar-refractivity contribution in [3.05, 3.63) is 33.5 Å². The van der Waals surface area contributed by atoms with Crippen molar-refractivity contribution < 1.29 is 9.18 Å². The minimum atomic E-state index is -0.285. The standard InChI is InChI=1S/C12H12BrFOS/c1-6(2)12-11(15)8-3-7(13)4-10(14)9(8)5-16-12/h3-4,6,12H,5H2,1-2H3. The highest BCUT2D eigenvalue weighted by Gasteiger charge is 2.31. The summed E-state index contributed by atoms with van der Waals surface area (Å²) in [4.78, 5) is 12.2. The van der Waals surface area contributed by atoms with Gasteiger partial charge in [0.15, 0.2) is 5.78 Å². The molecule has 0 aliphatic carbocycles. The maximum Gasteiger partial charge on any atom is 0.176 e. The number of benzene rings is 1. The first-order valence-electron chi connectivity index (χ1n) is 5.14. The quantitative estimate of drug-likeness (QED) is 0.779. The Morgan fingerprint density at radius 1 is 1.50 bits per heavy atom. The molecule has 1 aromatic rings. The Balaban J connectivity index is 2.48. The van der Waals surface area contributed by atoms with E-state index in [1.54, 1.807) is 6.07 Å². The molecule has 1 unspecified atom stereocenters. The Bertz CT molecular complexity index is 445. The Labute approximate surface area is 107 Å². The van der Waals surface area contributed by atoms with Gasteiger partial charge in [0.05, 0.1) is 5.25 Å². The number of carbonyl (C=O) groups excluding carboxylic acids is 1. The molecule has 86 valence electrons. The molecular formula is C12H12BrFOS. The molecule has 0 fully saturated rings. The number of rotatable bonds is 1. The fraction of sp³-hybridized carbons (Fsp3) is 0.417. The third kappa shape index (κ3) is 2.05. The van der Waals surface area contributed by atoms with Gasteiger partial charge in [0.2, 0.25) is 0 Å². The van der Waals surface area contributed by atoms with E-state index in [0.717, 1.165) is 0 Å². The summed E-state index contributed by atoms with van der Waals surface area (Å²) in [7, 11) is 0. The maximum absolute atomic E-state index is 13.6. The van der Waals surface area contributed by atoms with E-state index in [-0.39, 0.29) is 22.8 Å². The Morgan fingerprint density at radius 3 is 2.81 bits per heavy atom. The first kappa shape index (κ1) is 12.1. The normalized spacial score (nSPS) is 20.1. The predicted molar refractivity (Wildman–Crippen MR) is 68.4 cm³/mol. The van der Waals surface area contributed by atoms with E-state index in [2.05, 4.69) is 15.9 Å². The number of hydrogen-bond acceptors (Lipinski definition) is 2. The maximum atomic E-state index is 13.6. The Morgan fingerprint density at radius 2 is 2.19 bits per heavy atom. The van der Waals surface area contributed by atoms with Gasteiger partial charge >= 0.3 is 0 Å². The molecule has 0 spiro atoms. The molecule has 0 amide bonds. The van der Waals surface area contributed by atoms with Gasteiger partial charge in [0.1, 0.15) is 5.82 Å². The summed E-state index contributed by atoms with van der Waals surface area (Å²) in [5.41, 5.74) is 1.10. The van der Waals surface area contributed by atoms with Crippen LogP contribution in [0.5, 0.6) is 0 Å². The van der Waals surface area contributed by atoms with Crippen molar-refractivity contribution in [1.82, 2.24) is 0 Å². The molecule has 2 rings (SSSR count). The molecule has 4 heteroatoms. The van der Waals surface area contributed by atoms with E-state index in [0.29, 0.717) is 21.4 Å². The fourth-order valence-electron chi connectivity index (χ4n) is 1.87. The first-order valence-corrected chi connectivity index (χ1v) is 6.98. The van der Waals surface area contributed by atoms with Gasteiger partial charge in [-0.25, -0.2) is 4.39 Å². The summed E-state index contributed by atoms with van der Waals surface area (Å²) in [6, 6.07) is 3.15. The average molecular weight is 303 g/mol. The second kappa shape index (κ2) is 4.49. The fourth-order valence-corrected chi connectivity index (χ4v) is 3.60. The van der Waals surface area contributed by atoms with Crippen LogP contribution < -0.4 is 0 Å². The van der Waals surface area contributed by atoms with Gasteiger partial charge in [-0.3, -0.25) is 4.79 Å². The number of ketones is 1. The monoisotopic (exact) mass is 302 g/mol. The lowest BCUT2D eigenvalue weighted by Crippen LogP contribution is -2.28. The summed E-state index contributed by atoms with van der Waals surface area (Å²) in [5.74, 6) is 0.643. The lowest BCUT2D eigenvalue weighted by Gasteiger charge is -2.26. The second-order valence-electron chi connectivity index (χ2n) is 4.25. The second-order valence-corrected chi connectivity index (χ2v) is 6.30. The number of halogens is 2. The van der Waals surface area contributed by atoms with Crippen LogP contribution in [0.25, 0.3) is 0 Å². The highest BCUT2D eigenvalue weighted by molar-refractivity contribution is 9.10. The van der Waals surface area contributed by atoms with Crippen molar-refractivity contribution in [3.8, 4) is 0 Å². The van der Waals surface area contributed by atoms with Crippen molar-refractivity contribution in [2.45, 2.75) is 24.9 Å². The van der Waals surface area contributed by atoms with Crippen LogP contribution in [-0.4, -0.2) is 11.0 Å². The first-order chi connectivity index (χ1) is 7.50. The van der Waals surface area contributed by atoms with Crippen molar-refractivity contribution in [2.24, 2.45) is 5.92 Å². The molecule has 0 aromatic heterocycles. The van der Waals surface area contributed by atoms with E-state index in [4.69, 9.17) is 0 Å². The van der Waals surface area contributed by atoms with Gasteiger partial charge in [-0.05, 0) is 18.1 Å². The summed E-state index contributed by atoms with van der Waals surface area (Å²) in [6.45, 7) is 4.05. The van der Waals surface area contributed by atoms with Gasteiger partial charge in [-0.1, -0.05) is 29.8 Å². The van der Waals surface area contributed by atoms with Gasteiger partial charge in [-0.15, -0.1) is 11.8 Å². The van der Waals surface area contributed by atoms with Crippen molar-refractivity contribution in [2.75, 3.05) is 0 Å². The third-order valence-electron chi connectivity index (χ3n) is 2.70. The summed E-state index contributed by atoms with van der Waals surface area (Å²) in [6.07, 6.45) is 0. The molecule has 0 bridgehead atoms. The molecule has 0 saturated heterocycles. The number of carbonyl (C=O) groups is 1. The van der Waals surface area contributed by atoms with E-state index in [9.17, 15) is 9.18 Å². The molecule has 1 aromatic carbocycles. The topological polar surface area (TPSA) is 17.1 Å². The lowest BCUT2D eigenvalue weighted by atomic mass is 9.96. The van der Waals surface area contributed by atoms with E-state index < -0.39 is 0 Å². The van der Waals surface area contributed by atoms with E-state index in [1.165, 1.54) is 17.8 Å². The molecule has 0 saturated carbocycles. The molecule has 0 N–H and O–H groups in total. The number of hydrogen-bond donors (Lipinski definition) is 0. The summed E-state index contributed by atoms with van der Waals surface area (Å²) in [5, 5.41) is -0.0406. The summed E-state index contributed by atoms with van der Waals surface area (Å²) >= 11 is 4.76. The molecule has 1 atom stereocenters. The van der Waals surface area contributed by atoms with Crippen LogP contribution in [-0.2, 0) is 5.75 Å². The van der Waals surface area contributed by atoms with E-state index >= 15 is 0 Å². The van der Waals surface area contributed by atoms with Crippen LogP contribution in [0, 0.1) is 11.7 Å². The van der Waals surface area contributed by atoms with Gasteiger partial charge in [0, 0.05) is 21.4 Å². The Kier molecular flexibility index (Phi) is 3.40. The highest BCUT2D eigenvalue weighted by atomic mass is 79.9. The molecule has 1 nitrogen and oxygen atoms in total. The van der Waals surface area contributed by atoms with Crippen molar-refractivity contribution in [3.63, 3.8) is 0 Å². The average Bonchev–Trinajstić information content (AvgIpc) is 2.19. The van der Waals surface area contributed by atoms with Crippen molar-refractivity contribution >= 4 is 33.5 Å². The number of thioether (sulfide) groups is 1. The lowest BCUT2D eigenvalue weighted by molar-refractivity contribution is 0.0972. The smallest absolute Gasteiger partial charge is 0.176 e. The van der Waals surface area contributed by atoms with Gasteiger partial charge in [-0.2, -0.15) is 0 Å². The minimum absolute atomic E-state index is 0.0406. The molecular weight excluding hydrogens is 291 g/mol. The zero-order valence-corrected chi connectivity index (χ0v) is 11.5. The number of Topliss-reactive ketones (excluding diaryl/α,β-unsaturated/α-hetero) is 1. The molecule has 0 radical (unpaired) electrons. The predicted octanol–water partition coefficient (Wildman–Crippen LogP) is 4.04. The van der Waals surface area contributed by atoms with E-state index in [1.807, 2.05) is 13.8 Å². The largest absolute Gasteiger partial charge is 0.293 e. The van der Waals surface area contributed by atoms with Gasteiger partial charge in [0.25, 0.3) is 0 Å². The van der Waals surface area contributed by atoms with Crippen LogP contribution in [0.2, 0.25) is 0 Å². The zero-order valence-electron chi connectivity index (χ0n) is 9.09. The van der Waals surface area contributed by atoms with Crippen LogP contribution in [0.15, 0.2) is 16.6 Å². The Hall–Kier alpha value is -0.350. The SMILES string of the molecule is CC(C)C1SCc2c(F)cc(Br)cc2C1=O. The molecule has 1 aliphatic rings. The molecule has 1 aliphatic heterocycles.